The molecule has 0 saturated carbocycles. The first-order valence-corrected chi connectivity index (χ1v) is 5.45. The van der Waals surface area contributed by atoms with Gasteiger partial charge >= 0.3 is 12.6 Å². The normalized spacial score (nSPS) is 10.6. The number of hydrogen-bond donors (Lipinski definition) is 1. The van der Waals surface area contributed by atoms with Gasteiger partial charge < -0.3 is 9.84 Å². The van der Waals surface area contributed by atoms with Crippen molar-refractivity contribution < 1.29 is 23.4 Å². The van der Waals surface area contributed by atoms with E-state index in [2.05, 4.69) is 20.7 Å². The van der Waals surface area contributed by atoms with Gasteiger partial charge in [0.15, 0.2) is 0 Å². The lowest BCUT2D eigenvalue weighted by Gasteiger charge is -2.11. The van der Waals surface area contributed by atoms with Crippen molar-refractivity contribution in [3.05, 3.63) is 28.8 Å². The molecule has 0 unspecified atom stereocenters. The van der Waals surface area contributed by atoms with Crippen LogP contribution in [0.25, 0.3) is 0 Å². The summed E-state index contributed by atoms with van der Waals surface area (Å²) in [6.45, 7) is -1.37. The highest BCUT2D eigenvalue weighted by Gasteiger charge is 2.15. The van der Waals surface area contributed by atoms with E-state index in [-0.39, 0.29) is 11.3 Å². The molecule has 0 aromatic heterocycles. The number of carboxylic acid groups (broad SMARTS) is 1. The zero-order valence-corrected chi connectivity index (χ0v) is 9.92. The summed E-state index contributed by atoms with van der Waals surface area (Å²) in [5, 5.41) is 9.15. The Kier molecular flexibility index (Phi) is 4.23. The number of ether oxygens (including phenoxy) is 1. The summed E-state index contributed by atoms with van der Waals surface area (Å²) in [5.41, 5.74) is 0.951. The molecule has 0 atom stereocenters. The molecule has 1 aromatic rings. The van der Waals surface area contributed by atoms with Crippen LogP contribution in [0.2, 0.25) is 0 Å². The fourth-order valence-corrected chi connectivity index (χ4v) is 1.73. The van der Waals surface area contributed by atoms with Gasteiger partial charge in [0.2, 0.25) is 0 Å². The Hall–Kier alpha value is -1.17. The van der Waals surface area contributed by atoms with Crippen molar-refractivity contribution >= 4 is 21.9 Å². The third-order valence-corrected chi connectivity index (χ3v) is 2.60. The molecule has 0 aliphatic carbocycles. The van der Waals surface area contributed by atoms with Gasteiger partial charge in [0.05, 0.1) is 5.56 Å². The number of rotatable bonds is 4. The molecule has 88 valence electrons. The van der Waals surface area contributed by atoms with Crippen molar-refractivity contribution in [2.45, 2.75) is 18.9 Å². The minimum absolute atomic E-state index is 0.0413. The molecule has 0 bridgehead atoms. The predicted octanol–water partition coefficient (Wildman–Crippen LogP) is 3.19. The summed E-state index contributed by atoms with van der Waals surface area (Å²) in [7, 11) is 0. The molecule has 0 radical (unpaired) electrons. The maximum atomic E-state index is 12.1. The summed E-state index contributed by atoms with van der Waals surface area (Å²) in [5.74, 6) is -1.28. The molecule has 0 saturated heterocycles. The second-order valence-electron chi connectivity index (χ2n) is 3.09. The van der Waals surface area contributed by atoms with Crippen molar-refractivity contribution in [1.82, 2.24) is 0 Å². The van der Waals surface area contributed by atoms with Gasteiger partial charge in [0, 0.05) is 10.9 Å². The summed E-state index contributed by atoms with van der Waals surface area (Å²) in [6.07, 6.45) is 0. The van der Waals surface area contributed by atoms with Crippen LogP contribution in [0.5, 0.6) is 5.75 Å². The SMILES string of the molecule is Cc1cc(CBr)c(OC(F)F)cc1C(=O)O. The fourth-order valence-electron chi connectivity index (χ4n) is 1.29. The Morgan fingerprint density at radius 1 is 1.56 bits per heavy atom. The summed E-state index contributed by atoms with van der Waals surface area (Å²) in [4.78, 5) is 10.8. The molecule has 0 aliphatic rings. The maximum absolute atomic E-state index is 12.1. The maximum Gasteiger partial charge on any atom is 0.387 e. The lowest BCUT2D eigenvalue weighted by atomic mass is 10.0. The second kappa shape index (κ2) is 5.25. The minimum Gasteiger partial charge on any atom is -0.478 e. The van der Waals surface area contributed by atoms with Gasteiger partial charge in [-0.2, -0.15) is 8.78 Å². The Morgan fingerprint density at radius 2 is 2.19 bits per heavy atom. The van der Waals surface area contributed by atoms with E-state index in [0.717, 1.165) is 6.07 Å². The zero-order valence-electron chi connectivity index (χ0n) is 8.34. The van der Waals surface area contributed by atoms with E-state index >= 15 is 0 Å². The molecule has 3 nitrogen and oxygen atoms in total. The third-order valence-electron chi connectivity index (χ3n) is 2.00. The van der Waals surface area contributed by atoms with Gasteiger partial charge in [-0.1, -0.05) is 22.0 Å². The van der Waals surface area contributed by atoms with Gasteiger partial charge in [-0.15, -0.1) is 0 Å². The standard InChI is InChI=1S/C10H9BrF2O3/c1-5-2-6(4-11)8(16-10(12)13)3-7(5)9(14)15/h2-3,10H,4H2,1H3,(H,14,15). The Bertz CT molecular complexity index is 407. The highest BCUT2D eigenvalue weighted by atomic mass is 79.9. The number of alkyl halides is 3. The zero-order chi connectivity index (χ0) is 12.3. The molecule has 16 heavy (non-hydrogen) atoms. The van der Waals surface area contributed by atoms with E-state index in [0.29, 0.717) is 16.5 Å². The monoisotopic (exact) mass is 294 g/mol. The van der Waals surface area contributed by atoms with Crippen LogP contribution in [0.3, 0.4) is 0 Å². The molecule has 0 aliphatic heterocycles. The highest BCUT2D eigenvalue weighted by Crippen LogP contribution is 2.27. The van der Waals surface area contributed by atoms with Crippen molar-refractivity contribution in [3.63, 3.8) is 0 Å². The molecule has 0 heterocycles. The first kappa shape index (κ1) is 12.9. The minimum atomic E-state index is -2.97. The highest BCUT2D eigenvalue weighted by molar-refractivity contribution is 9.08. The van der Waals surface area contributed by atoms with Crippen molar-refractivity contribution in [2.24, 2.45) is 0 Å². The van der Waals surface area contributed by atoms with Gasteiger partial charge in [-0.25, -0.2) is 4.79 Å². The number of benzene rings is 1. The Morgan fingerprint density at radius 3 is 2.62 bits per heavy atom. The average Bonchev–Trinajstić information content (AvgIpc) is 2.18. The lowest BCUT2D eigenvalue weighted by molar-refractivity contribution is -0.0504. The average molecular weight is 295 g/mol. The molecule has 6 heteroatoms. The van der Waals surface area contributed by atoms with E-state index < -0.39 is 12.6 Å². The van der Waals surface area contributed by atoms with Crippen LogP contribution in [0, 0.1) is 6.92 Å². The largest absolute Gasteiger partial charge is 0.478 e. The quantitative estimate of drug-likeness (QED) is 0.868. The van der Waals surface area contributed by atoms with E-state index in [1.54, 1.807) is 6.92 Å². The predicted molar refractivity (Wildman–Crippen MR) is 57.4 cm³/mol. The van der Waals surface area contributed by atoms with Crippen LogP contribution >= 0.6 is 15.9 Å². The van der Waals surface area contributed by atoms with E-state index in [1.807, 2.05) is 0 Å². The van der Waals surface area contributed by atoms with Crippen LogP contribution in [0.1, 0.15) is 21.5 Å². The summed E-state index contributed by atoms with van der Waals surface area (Å²) in [6, 6.07) is 2.62. The van der Waals surface area contributed by atoms with Gasteiger partial charge in [-0.3, -0.25) is 0 Å². The topological polar surface area (TPSA) is 46.5 Å². The van der Waals surface area contributed by atoms with Crippen LogP contribution < -0.4 is 4.74 Å². The van der Waals surface area contributed by atoms with Crippen LogP contribution in [-0.2, 0) is 5.33 Å². The first-order chi connectivity index (χ1) is 7.45. The molecule has 1 N–H and O–H groups in total. The number of aryl methyl sites for hydroxylation is 1. The van der Waals surface area contributed by atoms with E-state index in [4.69, 9.17) is 5.11 Å². The smallest absolute Gasteiger partial charge is 0.387 e. The van der Waals surface area contributed by atoms with Crippen LogP contribution in [0.15, 0.2) is 12.1 Å². The third kappa shape index (κ3) is 2.91. The first-order valence-electron chi connectivity index (χ1n) is 4.33. The number of halogens is 3. The summed E-state index contributed by atoms with van der Waals surface area (Å²) < 4.78 is 28.4. The molecule has 0 amide bonds. The second-order valence-corrected chi connectivity index (χ2v) is 3.65. The number of hydrogen-bond acceptors (Lipinski definition) is 2. The molecule has 1 rings (SSSR count). The lowest BCUT2D eigenvalue weighted by Crippen LogP contribution is -2.07. The van der Waals surface area contributed by atoms with Crippen molar-refractivity contribution in [2.75, 3.05) is 0 Å². The summed E-state index contributed by atoms with van der Waals surface area (Å²) >= 11 is 3.12. The van der Waals surface area contributed by atoms with Crippen LogP contribution in [-0.4, -0.2) is 17.7 Å². The van der Waals surface area contributed by atoms with E-state index in [1.165, 1.54) is 6.07 Å². The van der Waals surface area contributed by atoms with Gasteiger partial charge in [0.1, 0.15) is 5.75 Å². The van der Waals surface area contributed by atoms with Gasteiger partial charge in [0.25, 0.3) is 0 Å². The van der Waals surface area contributed by atoms with Crippen LogP contribution in [0.4, 0.5) is 8.78 Å². The molecule has 0 spiro atoms. The number of aromatic carboxylic acids is 1. The fraction of sp³-hybridized carbons (Fsp3) is 0.300. The van der Waals surface area contributed by atoms with Crippen molar-refractivity contribution in [1.29, 1.82) is 0 Å². The molecular weight excluding hydrogens is 286 g/mol. The van der Waals surface area contributed by atoms with Crippen molar-refractivity contribution in [3.8, 4) is 5.75 Å². The van der Waals surface area contributed by atoms with Gasteiger partial charge in [-0.05, 0) is 18.6 Å². The Labute approximate surface area is 99.2 Å². The number of carbonyl (C=O) groups is 1. The van der Waals surface area contributed by atoms with E-state index in [9.17, 15) is 13.6 Å². The Balaban J connectivity index is 3.23. The molecule has 0 fully saturated rings. The molecular formula is C10H9BrF2O3. The molecule has 1 aromatic carbocycles. The number of carboxylic acids is 1.